The van der Waals surface area contributed by atoms with E-state index in [9.17, 15) is 4.79 Å². The van der Waals surface area contributed by atoms with Crippen LogP contribution in [0.5, 0.6) is 0 Å². The Morgan fingerprint density at radius 1 is 1.80 bits per heavy atom. The second kappa shape index (κ2) is 3.56. The van der Waals surface area contributed by atoms with E-state index < -0.39 is 31.3 Å². The molecule has 0 aromatic carbocycles. The molecule has 0 spiro atoms. The summed E-state index contributed by atoms with van der Waals surface area (Å²) in [5.74, 6) is -0.635. The fraction of sp³-hybridized carbons (Fsp3) is 0.857. The predicted octanol–water partition coefficient (Wildman–Crippen LogP) is 0.728. The van der Waals surface area contributed by atoms with Crippen LogP contribution in [-0.2, 0) is 14.3 Å². The molecule has 1 heterocycles. The molecule has 58 valence electrons. The number of hydrogen-bond donors (Lipinski definition) is 0. The molecule has 4 unspecified atom stereocenters. The van der Waals surface area contributed by atoms with Crippen molar-refractivity contribution in [2.24, 2.45) is 0 Å². The summed E-state index contributed by atoms with van der Waals surface area (Å²) in [6, 6.07) is 0. The van der Waals surface area contributed by atoms with Crippen molar-refractivity contribution in [2.45, 2.75) is 25.3 Å². The molecule has 1 aliphatic rings. The number of carbonyl (C=O) groups excluding carboxylic acids is 1. The van der Waals surface area contributed by atoms with Gasteiger partial charge in [-0.1, -0.05) is 0 Å². The lowest BCUT2D eigenvalue weighted by Gasteiger charge is -2.19. The van der Waals surface area contributed by atoms with Crippen molar-refractivity contribution >= 4 is 5.97 Å². The van der Waals surface area contributed by atoms with Gasteiger partial charge in [-0.05, 0) is 19.2 Å². The van der Waals surface area contributed by atoms with Gasteiger partial charge in [-0.3, -0.25) is 0 Å². The lowest BCUT2D eigenvalue weighted by molar-refractivity contribution is -0.156. The molecule has 0 bridgehead atoms. The van der Waals surface area contributed by atoms with Crippen molar-refractivity contribution in [1.29, 1.82) is 0 Å². The summed E-state index contributed by atoms with van der Waals surface area (Å²) in [5.41, 5.74) is 0. The topological polar surface area (TPSA) is 35.5 Å². The third kappa shape index (κ3) is 1.70. The Morgan fingerprint density at radius 3 is 3.30 bits per heavy atom. The zero-order valence-electron chi connectivity index (χ0n) is 8.74. The smallest absolute Gasteiger partial charge is 0.334 e. The standard InChI is InChI=1S/C7H12O3/c1-9-7(8)6-4-2-3-5-10-6/h6H,2-5H2,1H3/i2D,3D,4D. The van der Waals surface area contributed by atoms with Crippen LogP contribution in [0.4, 0.5) is 0 Å². The number of hydrogen-bond acceptors (Lipinski definition) is 3. The molecule has 3 nitrogen and oxygen atoms in total. The van der Waals surface area contributed by atoms with Gasteiger partial charge in [0.1, 0.15) is 0 Å². The summed E-state index contributed by atoms with van der Waals surface area (Å²) in [5, 5.41) is 0. The fourth-order valence-corrected chi connectivity index (χ4v) is 0.713. The van der Waals surface area contributed by atoms with Crippen molar-refractivity contribution in [1.82, 2.24) is 0 Å². The van der Waals surface area contributed by atoms with Crippen LogP contribution in [-0.4, -0.2) is 25.8 Å². The van der Waals surface area contributed by atoms with Crippen LogP contribution in [0.2, 0.25) is 0 Å². The van der Waals surface area contributed by atoms with E-state index in [0.29, 0.717) is 0 Å². The Morgan fingerprint density at radius 2 is 2.60 bits per heavy atom. The van der Waals surface area contributed by atoms with Gasteiger partial charge in [0.2, 0.25) is 0 Å². The third-order valence-corrected chi connectivity index (χ3v) is 1.23. The summed E-state index contributed by atoms with van der Waals surface area (Å²) in [7, 11) is 1.21. The Hall–Kier alpha value is -0.570. The zero-order valence-corrected chi connectivity index (χ0v) is 5.74. The monoisotopic (exact) mass is 147 g/mol. The van der Waals surface area contributed by atoms with Gasteiger partial charge in [-0.2, -0.15) is 0 Å². The summed E-state index contributed by atoms with van der Waals surface area (Å²) >= 11 is 0. The van der Waals surface area contributed by atoms with Gasteiger partial charge < -0.3 is 9.47 Å². The maximum atomic E-state index is 11.0. The highest BCUT2D eigenvalue weighted by Gasteiger charge is 2.21. The Balaban J connectivity index is 2.63. The van der Waals surface area contributed by atoms with E-state index in [0.717, 1.165) is 0 Å². The minimum absolute atomic E-state index is 0.0172. The number of ether oxygens (including phenoxy) is 2. The van der Waals surface area contributed by atoms with Crippen LogP contribution in [0.25, 0.3) is 0 Å². The third-order valence-electron chi connectivity index (χ3n) is 1.23. The van der Waals surface area contributed by atoms with E-state index in [4.69, 9.17) is 8.85 Å². The van der Waals surface area contributed by atoms with Crippen molar-refractivity contribution in [3.63, 3.8) is 0 Å². The molecule has 0 amide bonds. The Bertz CT molecular complexity index is 199. The average Bonchev–Trinajstić information content (AvgIpc) is 2.13. The molecule has 0 N–H and O–H groups in total. The van der Waals surface area contributed by atoms with Gasteiger partial charge in [-0.15, -0.1) is 0 Å². The van der Waals surface area contributed by atoms with Gasteiger partial charge in [0, 0.05) is 10.7 Å². The number of rotatable bonds is 1. The largest absolute Gasteiger partial charge is 0.467 e. The van der Waals surface area contributed by atoms with E-state index >= 15 is 0 Å². The molecule has 3 heteroatoms. The van der Waals surface area contributed by atoms with E-state index in [1.54, 1.807) is 0 Å². The minimum atomic E-state index is -1.02. The highest BCUT2D eigenvalue weighted by Crippen LogP contribution is 2.13. The van der Waals surface area contributed by atoms with E-state index in [1.807, 2.05) is 0 Å². The molecule has 0 aromatic heterocycles. The van der Waals surface area contributed by atoms with Crippen LogP contribution in [0, 0.1) is 0 Å². The molecule has 1 fully saturated rings. The SMILES string of the molecule is [2H]C1COC(C(=O)OC)C([2H])C1[2H]. The first-order valence-electron chi connectivity index (χ1n) is 4.77. The van der Waals surface area contributed by atoms with Crippen molar-refractivity contribution in [3.05, 3.63) is 0 Å². The van der Waals surface area contributed by atoms with Crippen LogP contribution < -0.4 is 0 Å². The normalized spacial score (nSPS) is 52.3. The Labute approximate surface area is 64.5 Å². The molecule has 1 aliphatic heterocycles. The van der Waals surface area contributed by atoms with Crippen LogP contribution in [0.15, 0.2) is 0 Å². The predicted molar refractivity (Wildman–Crippen MR) is 35.6 cm³/mol. The fourth-order valence-electron chi connectivity index (χ4n) is 0.713. The number of methoxy groups -OCH3 is 1. The maximum Gasteiger partial charge on any atom is 0.334 e. The number of esters is 1. The van der Waals surface area contributed by atoms with Crippen molar-refractivity contribution < 1.29 is 18.4 Å². The number of carbonyl (C=O) groups is 1. The molecular weight excluding hydrogens is 132 g/mol. The quantitative estimate of drug-likeness (QED) is 0.513. The summed E-state index contributed by atoms with van der Waals surface area (Å²) in [6.45, 7) is 0.0172. The first-order chi connectivity index (χ1) is 6.07. The highest BCUT2D eigenvalue weighted by atomic mass is 16.6. The van der Waals surface area contributed by atoms with E-state index in [1.165, 1.54) is 7.11 Å². The first-order valence-corrected chi connectivity index (χ1v) is 3.04. The molecule has 0 aliphatic carbocycles. The Kier molecular flexibility index (Phi) is 1.55. The molecule has 4 atom stereocenters. The van der Waals surface area contributed by atoms with Gasteiger partial charge in [0.05, 0.1) is 7.11 Å². The second-order valence-electron chi connectivity index (χ2n) is 1.90. The van der Waals surface area contributed by atoms with Gasteiger partial charge in [0.15, 0.2) is 6.10 Å². The molecule has 0 radical (unpaired) electrons. The molecule has 10 heavy (non-hydrogen) atoms. The molecule has 1 saturated heterocycles. The summed E-state index contributed by atoms with van der Waals surface area (Å²) < 4.78 is 31.6. The van der Waals surface area contributed by atoms with Gasteiger partial charge in [-0.25, -0.2) is 4.79 Å². The average molecular weight is 147 g/mol. The van der Waals surface area contributed by atoms with Crippen molar-refractivity contribution in [2.75, 3.05) is 13.7 Å². The lowest BCUT2D eigenvalue weighted by atomic mass is 10.1. The summed E-state index contributed by atoms with van der Waals surface area (Å²) in [4.78, 5) is 11.0. The lowest BCUT2D eigenvalue weighted by Crippen LogP contribution is -2.28. The molecule has 0 saturated carbocycles. The van der Waals surface area contributed by atoms with Crippen molar-refractivity contribution in [3.8, 4) is 0 Å². The van der Waals surface area contributed by atoms with Crippen LogP contribution in [0.1, 0.15) is 23.3 Å². The minimum Gasteiger partial charge on any atom is -0.467 e. The van der Waals surface area contributed by atoms with E-state index in [2.05, 4.69) is 4.74 Å². The van der Waals surface area contributed by atoms with Gasteiger partial charge in [0.25, 0.3) is 0 Å². The van der Waals surface area contributed by atoms with Gasteiger partial charge >= 0.3 is 5.97 Å². The molecule has 0 aromatic rings. The van der Waals surface area contributed by atoms with E-state index in [-0.39, 0.29) is 6.61 Å². The van der Waals surface area contributed by atoms with Crippen LogP contribution in [0.3, 0.4) is 0 Å². The zero-order chi connectivity index (χ0) is 10.0. The first kappa shape index (κ1) is 4.34. The maximum absolute atomic E-state index is 11.0. The van der Waals surface area contributed by atoms with Crippen LogP contribution >= 0.6 is 0 Å². The highest BCUT2D eigenvalue weighted by molar-refractivity contribution is 5.74. The molecule has 1 rings (SSSR count). The molecular formula is C7H12O3. The summed E-state index contributed by atoms with van der Waals surface area (Å²) in [6.07, 6.45) is -3.68. The second-order valence-corrected chi connectivity index (χ2v) is 1.90.